The van der Waals surface area contributed by atoms with E-state index in [-0.39, 0.29) is 17.7 Å². The molecule has 4 nitrogen and oxygen atoms in total. The van der Waals surface area contributed by atoms with Crippen molar-refractivity contribution in [2.75, 3.05) is 13.2 Å². The SMILES string of the molecule is CC(C)C1NC2(CCCC2)C(=O)N1C1CCCOC1. The molecule has 0 bridgehead atoms. The number of ether oxygens (including phenoxy) is 1. The fraction of sp³-hybridized carbons (Fsp3) is 0.933. The lowest BCUT2D eigenvalue weighted by molar-refractivity contribution is -0.138. The second kappa shape index (κ2) is 5.06. The third-order valence-corrected chi connectivity index (χ3v) is 4.99. The van der Waals surface area contributed by atoms with Crippen LogP contribution in [0.3, 0.4) is 0 Å². The second-order valence-electron chi connectivity index (χ2n) is 6.71. The number of hydrogen-bond donors (Lipinski definition) is 1. The first kappa shape index (κ1) is 13.4. The van der Waals surface area contributed by atoms with Gasteiger partial charge < -0.3 is 9.64 Å². The molecule has 19 heavy (non-hydrogen) atoms. The van der Waals surface area contributed by atoms with Crippen molar-refractivity contribution >= 4 is 5.91 Å². The zero-order chi connectivity index (χ0) is 13.5. The molecule has 2 saturated heterocycles. The molecule has 2 aliphatic heterocycles. The van der Waals surface area contributed by atoms with Crippen LogP contribution in [0.15, 0.2) is 0 Å². The summed E-state index contributed by atoms with van der Waals surface area (Å²) in [5.74, 6) is 0.796. The summed E-state index contributed by atoms with van der Waals surface area (Å²) in [5.41, 5.74) is -0.244. The van der Waals surface area contributed by atoms with Crippen LogP contribution in [0.25, 0.3) is 0 Å². The average Bonchev–Trinajstić information content (AvgIpc) is 2.99. The molecule has 0 aromatic heterocycles. The highest BCUT2D eigenvalue weighted by molar-refractivity contribution is 5.89. The summed E-state index contributed by atoms with van der Waals surface area (Å²) >= 11 is 0. The van der Waals surface area contributed by atoms with Gasteiger partial charge in [0.25, 0.3) is 0 Å². The molecular weight excluding hydrogens is 240 g/mol. The van der Waals surface area contributed by atoms with E-state index in [4.69, 9.17) is 4.74 Å². The fourth-order valence-electron chi connectivity index (χ4n) is 3.95. The minimum Gasteiger partial charge on any atom is -0.379 e. The predicted molar refractivity (Wildman–Crippen MR) is 73.6 cm³/mol. The number of hydrogen-bond acceptors (Lipinski definition) is 3. The minimum absolute atomic E-state index is 0.192. The Labute approximate surface area is 115 Å². The molecule has 1 saturated carbocycles. The van der Waals surface area contributed by atoms with Gasteiger partial charge in [0.15, 0.2) is 0 Å². The van der Waals surface area contributed by atoms with E-state index in [9.17, 15) is 4.79 Å². The lowest BCUT2D eigenvalue weighted by Crippen LogP contribution is -2.50. The number of carbonyl (C=O) groups is 1. The average molecular weight is 266 g/mol. The standard InChI is InChI=1S/C15H26N2O2/c1-11(2)13-16-15(7-3-4-8-15)14(18)17(13)12-6-5-9-19-10-12/h11-13,16H,3-10H2,1-2H3. The number of rotatable bonds is 2. The summed E-state index contributed by atoms with van der Waals surface area (Å²) in [6, 6.07) is 0.279. The highest BCUT2D eigenvalue weighted by atomic mass is 16.5. The normalized spacial score (nSPS) is 34.7. The Kier molecular flexibility index (Phi) is 3.56. The monoisotopic (exact) mass is 266 g/mol. The van der Waals surface area contributed by atoms with Crippen molar-refractivity contribution < 1.29 is 9.53 Å². The summed E-state index contributed by atoms with van der Waals surface area (Å²) in [4.78, 5) is 15.1. The molecule has 3 aliphatic rings. The summed E-state index contributed by atoms with van der Waals surface area (Å²) in [7, 11) is 0. The molecule has 0 aromatic rings. The van der Waals surface area contributed by atoms with Crippen molar-refractivity contribution in [2.24, 2.45) is 5.92 Å². The Morgan fingerprint density at radius 2 is 2.05 bits per heavy atom. The largest absolute Gasteiger partial charge is 0.379 e. The highest BCUT2D eigenvalue weighted by Crippen LogP contribution is 2.39. The van der Waals surface area contributed by atoms with Crippen molar-refractivity contribution in [2.45, 2.75) is 70.1 Å². The van der Waals surface area contributed by atoms with E-state index in [0.717, 1.165) is 32.3 Å². The third kappa shape index (κ3) is 2.19. The van der Waals surface area contributed by atoms with Gasteiger partial charge in [-0.05, 0) is 31.6 Å². The van der Waals surface area contributed by atoms with Crippen LogP contribution in [0.1, 0.15) is 52.4 Å². The van der Waals surface area contributed by atoms with Gasteiger partial charge in [-0.1, -0.05) is 26.7 Å². The maximum atomic E-state index is 13.0. The summed E-state index contributed by atoms with van der Waals surface area (Å²) in [6.45, 7) is 5.97. The molecular formula is C15H26N2O2. The van der Waals surface area contributed by atoms with Gasteiger partial charge in [0.1, 0.15) is 0 Å². The smallest absolute Gasteiger partial charge is 0.244 e. The maximum absolute atomic E-state index is 13.0. The van der Waals surface area contributed by atoms with Gasteiger partial charge in [0.2, 0.25) is 5.91 Å². The molecule has 2 heterocycles. The van der Waals surface area contributed by atoms with Crippen LogP contribution < -0.4 is 5.32 Å². The molecule has 2 unspecified atom stereocenters. The Morgan fingerprint density at radius 1 is 1.32 bits per heavy atom. The van der Waals surface area contributed by atoms with Crippen LogP contribution in [0, 0.1) is 5.92 Å². The van der Waals surface area contributed by atoms with Crippen molar-refractivity contribution in [3.8, 4) is 0 Å². The Bertz CT molecular complexity index is 344. The van der Waals surface area contributed by atoms with E-state index in [0.29, 0.717) is 18.4 Å². The molecule has 1 aliphatic carbocycles. The lowest BCUT2D eigenvalue weighted by atomic mass is 9.97. The summed E-state index contributed by atoms with van der Waals surface area (Å²) in [6.07, 6.45) is 6.74. The fourth-order valence-corrected chi connectivity index (χ4v) is 3.95. The Hall–Kier alpha value is -0.610. The molecule has 108 valence electrons. The van der Waals surface area contributed by atoms with Crippen LogP contribution >= 0.6 is 0 Å². The third-order valence-electron chi connectivity index (χ3n) is 4.99. The molecule has 0 radical (unpaired) electrons. The number of carbonyl (C=O) groups excluding carboxylic acids is 1. The van der Waals surface area contributed by atoms with Crippen molar-refractivity contribution in [1.29, 1.82) is 0 Å². The number of nitrogens with zero attached hydrogens (tertiary/aromatic N) is 1. The Balaban J connectivity index is 1.84. The molecule has 0 aromatic carbocycles. The first-order chi connectivity index (χ1) is 9.14. The van der Waals surface area contributed by atoms with Gasteiger partial charge >= 0.3 is 0 Å². The van der Waals surface area contributed by atoms with Gasteiger partial charge in [-0.25, -0.2) is 0 Å². The molecule has 1 amide bonds. The lowest BCUT2D eigenvalue weighted by Gasteiger charge is -2.36. The van der Waals surface area contributed by atoms with Crippen LogP contribution in [-0.2, 0) is 9.53 Å². The molecule has 1 N–H and O–H groups in total. The van der Waals surface area contributed by atoms with Gasteiger partial charge in [0, 0.05) is 6.61 Å². The minimum atomic E-state index is -0.244. The van der Waals surface area contributed by atoms with Gasteiger partial charge in [-0.2, -0.15) is 0 Å². The van der Waals surface area contributed by atoms with Crippen molar-refractivity contribution in [1.82, 2.24) is 10.2 Å². The Morgan fingerprint density at radius 3 is 2.63 bits per heavy atom. The number of nitrogens with one attached hydrogen (secondary N) is 1. The van der Waals surface area contributed by atoms with E-state index >= 15 is 0 Å². The first-order valence-corrected chi connectivity index (χ1v) is 7.82. The van der Waals surface area contributed by atoms with E-state index < -0.39 is 0 Å². The first-order valence-electron chi connectivity index (χ1n) is 7.82. The second-order valence-corrected chi connectivity index (χ2v) is 6.71. The van der Waals surface area contributed by atoms with E-state index in [2.05, 4.69) is 24.1 Å². The topological polar surface area (TPSA) is 41.6 Å². The van der Waals surface area contributed by atoms with Crippen molar-refractivity contribution in [3.05, 3.63) is 0 Å². The molecule has 1 spiro atoms. The van der Waals surface area contributed by atoms with E-state index in [1.54, 1.807) is 0 Å². The summed E-state index contributed by atoms with van der Waals surface area (Å²) < 4.78 is 5.60. The van der Waals surface area contributed by atoms with Crippen LogP contribution in [0.2, 0.25) is 0 Å². The number of amides is 1. The van der Waals surface area contributed by atoms with Gasteiger partial charge in [-0.3, -0.25) is 10.1 Å². The molecule has 4 heteroatoms. The van der Waals surface area contributed by atoms with Crippen molar-refractivity contribution in [3.63, 3.8) is 0 Å². The summed E-state index contributed by atoms with van der Waals surface area (Å²) in [5, 5.41) is 3.68. The van der Waals surface area contributed by atoms with Crippen LogP contribution in [0.4, 0.5) is 0 Å². The van der Waals surface area contributed by atoms with Crippen LogP contribution in [-0.4, -0.2) is 41.8 Å². The zero-order valence-electron chi connectivity index (χ0n) is 12.2. The van der Waals surface area contributed by atoms with Gasteiger partial charge in [0.05, 0.1) is 24.4 Å². The molecule has 3 fully saturated rings. The molecule has 3 rings (SSSR count). The zero-order valence-corrected chi connectivity index (χ0v) is 12.2. The maximum Gasteiger partial charge on any atom is 0.244 e. The van der Waals surface area contributed by atoms with E-state index in [1.807, 2.05) is 0 Å². The molecule has 2 atom stereocenters. The quantitative estimate of drug-likeness (QED) is 0.830. The van der Waals surface area contributed by atoms with Gasteiger partial charge in [-0.15, -0.1) is 0 Å². The van der Waals surface area contributed by atoms with E-state index in [1.165, 1.54) is 12.8 Å². The highest BCUT2D eigenvalue weighted by Gasteiger charge is 2.54. The predicted octanol–water partition coefficient (Wildman–Crippen LogP) is 1.89. The van der Waals surface area contributed by atoms with Crippen LogP contribution in [0.5, 0.6) is 0 Å².